The first-order chi connectivity index (χ1) is 6.40. The molecule has 84 valence electrons. The van der Waals surface area contributed by atoms with Gasteiger partial charge in [0.25, 0.3) is 0 Å². The second-order valence-corrected chi connectivity index (χ2v) is 3.35. The molecular weight excluding hydrogens is 210 g/mol. The Labute approximate surface area is 96.7 Å². The molecule has 0 fully saturated rings. The highest BCUT2D eigenvalue weighted by Crippen LogP contribution is 2.19. The van der Waals surface area contributed by atoms with Gasteiger partial charge in [-0.05, 0) is 18.6 Å². The maximum atomic E-state index is 5.67. The number of hydrogen-bond donors (Lipinski definition) is 1. The minimum atomic E-state index is 0. The third-order valence-electron chi connectivity index (χ3n) is 2.25. The number of unbranched alkanes of at least 4 members (excludes halogenated alkanes) is 1. The van der Waals surface area contributed by atoms with Crippen molar-refractivity contribution in [3.05, 3.63) is 36.1 Å². The van der Waals surface area contributed by atoms with Crippen molar-refractivity contribution in [1.29, 1.82) is 0 Å². The fraction of sp³-hybridized carbons (Fsp3) is 0.333. The van der Waals surface area contributed by atoms with Crippen LogP contribution < -0.4 is 6.15 Å². The van der Waals surface area contributed by atoms with Crippen LogP contribution in [-0.2, 0) is 6.42 Å². The molecule has 0 aliphatic carbocycles. The number of rotatable bonds is 3. The number of aryl methyl sites for hydroxylation is 1. The van der Waals surface area contributed by atoms with Gasteiger partial charge in [0.05, 0.1) is 0 Å². The molecule has 0 saturated heterocycles. The molecule has 0 spiro atoms. The minimum absolute atomic E-state index is 0. The van der Waals surface area contributed by atoms with Crippen LogP contribution in [-0.4, -0.2) is 0 Å². The predicted octanol–water partition coefficient (Wildman–Crippen LogP) is 4.36. The van der Waals surface area contributed by atoms with E-state index < -0.39 is 0 Å². The Hall–Kier alpha value is -0.990. The molecule has 3 N–H and O–H groups in total. The zero-order valence-corrected chi connectivity index (χ0v) is 9.85. The first-order valence-corrected chi connectivity index (χ1v) is 4.87. The van der Waals surface area contributed by atoms with Gasteiger partial charge in [0.1, 0.15) is 11.3 Å². The lowest BCUT2D eigenvalue weighted by Crippen LogP contribution is -1.78. The first-order valence-electron chi connectivity index (χ1n) is 4.87. The predicted molar refractivity (Wildman–Crippen MR) is 67.1 cm³/mol. The van der Waals surface area contributed by atoms with Crippen LogP contribution in [0.2, 0.25) is 0 Å². The van der Waals surface area contributed by atoms with Crippen molar-refractivity contribution in [3.63, 3.8) is 0 Å². The summed E-state index contributed by atoms with van der Waals surface area (Å²) in [5.41, 5.74) is 1.01. The molecule has 1 heterocycles. The van der Waals surface area contributed by atoms with Gasteiger partial charge in [0.2, 0.25) is 0 Å². The quantitative estimate of drug-likeness (QED) is 0.847. The number of hydrogen-bond acceptors (Lipinski definition) is 2. The van der Waals surface area contributed by atoms with Crippen LogP contribution in [0.4, 0.5) is 0 Å². The van der Waals surface area contributed by atoms with Crippen LogP contribution in [0.1, 0.15) is 25.5 Å². The van der Waals surface area contributed by atoms with Crippen molar-refractivity contribution in [2.75, 3.05) is 0 Å². The highest BCUT2D eigenvalue weighted by molar-refractivity contribution is 5.85. The van der Waals surface area contributed by atoms with E-state index in [1.54, 1.807) is 0 Å². The Kier molecular flexibility index (Phi) is 6.06. The highest BCUT2D eigenvalue weighted by Gasteiger charge is 2.01. The molecule has 0 bridgehead atoms. The summed E-state index contributed by atoms with van der Waals surface area (Å²) in [4.78, 5) is 0. The molecule has 2 rings (SSSR count). The van der Waals surface area contributed by atoms with Gasteiger partial charge in [-0.1, -0.05) is 31.5 Å². The summed E-state index contributed by atoms with van der Waals surface area (Å²) in [6.45, 7) is 2.20. The number of benzene rings is 1. The summed E-state index contributed by atoms with van der Waals surface area (Å²) >= 11 is 0. The molecule has 2 aromatic rings. The van der Waals surface area contributed by atoms with Gasteiger partial charge < -0.3 is 10.6 Å². The van der Waals surface area contributed by atoms with E-state index in [1.165, 1.54) is 18.2 Å². The van der Waals surface area contributed by atoms with E-state index >= 15 is 0 Å². The summed E-state index contributed by atoms with van der Waals surface area (Å²) in [7, 11) is 0. The summed E-state index contributed by atoms with van der Waals surface area (Å²) in [5, 5.41) is 1.22. The van der Waals surface area contributed by atoms with Crippen molar-refractivity contribution in [2.24, 2.45) is 0 Å². The van der Waals surface area contributed by atoms with Gasteiger partial charge in [-0.3, -0.25) is 0 Å². The Morgan fingerprint density at radius 2 is 1.93 bits per heavy atom. The minimum Gasteiger partial charge on any atom is -0.461 e. The second kappa shape index (κ2) is 6.49. The van der Waals surface area contributed by atoms with Crippen LogP contribution in [0.25, 0.3) is 11.0 Å². The smallest absolute Gasteiger partial charge is 0.134 e. The standard InChI is InChI=1S/C12H14O.ClH.H3N/c1-2-3-7-11-9-10-6-4-5-8-12(10)13-11;;/h4-6,8-9H,2-3,7H2,1H3;1H;1H3. The van der Waals surface area contributed by atoms with E-state index in [0.717, 1.165) is 17.8 Å². The molecular formula is C12H18ClNO. The summed E-state index contributed by atoms with van der Waals surface area (Å²) in [6.07, 6.45) is 3.49. The lowest BCUT2D eigenvalue weighted by Gasteiger charge is -1.90. The molecule has 0 saturated carbocycles. The number of fused-ring (bicyclic) bond motifs is 1. The molecule has 0 aliphatic heterocycles. The molecule has 0 amide bonds. The average Bonchev–Trinajstić information content (AvgIpc) is 2.57. The SMILES string of the molecule is CCCCc1cc2ccccc2o1.Cl.N. The largest absolute Gasteiger partial charge is 0.461 e. The van der Waals surface area contributed by atoms with Crippen LogP contribution in [0.3, 0.4) is 0 Å². The van der Waals surface area contributed by atoms with Crippen molar-refractivity contribution in [1.82, 2.24) is 6.15 Å². The molecule has 2 nitrogen and oxygen atoms in total. The third kappa shape index (κ3) is 3.26. The van der Waals surface area contributed by atoms with Crippen molar-refractivity contribution >= 4 is 23.4 Å². The summed E-state index contributed by atoms with van der Waals surface area (Å²) < 4.78 is 5.67. The van der Waals surface area contributed by atoms with Crippen molar-refractivity contribution in [2.45, 2.75) is 26.2 Å². The van der Waals surface area contributed by atoms with E-state index in [9.17, 15) is 0 Å². The fourth-order valence-corrected chi connectivity index (χ4v) is 1.51. The molecule has 1 aromatic carbocycles. The highest BCUT2D eigenvalue weighted by atomic mass is 35.5. The van der Waals surface area contributed by atoms with E-state index in [2.05, 4.69) is 19.1 Å². The van der Waals surface area contributed by atoms with E-state index in [1.807, 2.05) is 18.2 Å². The Bertz CT molecular complexity index is 364. The van der Waals surface area contributed by atoms with Gasteiger partial charge in [-0.25, -0.2) is 0 Å². The Balaban J connectivity index is 0.000000980. The number of para-hydroxylation sites is 1. The lowest BCUT2D eigenvalue weighted by atomic mass is 10.2. The molecule has 3 heteroatoms. The zero-order chi connectivity index (χ0) is 9.10. The Morgan fingerprint density at radius 1 is 1.20 bits per heavy atom. The average molecular weight is 228 g/mol. The van der Waals surface area contributed by atoms with E-state index in [-0.39, 0.29) is 18.6 Å². The Morgan fingerprint density at radius 3 is 2.60 bits per heavy atom. The fourth-order valence-electron chi connectivity index (χ4n) is 1.51. The van der Waals surface area contributed by atoms with Gasteiger partial charge in [-0.15, -0.1) is 12.4 Å². The van der Waals surface area contributed by atoms with Crippen molar-refractivity contribution < 1.29 is 4.42 Å². The second-order valence-electron chi connectivity index (χ2n) is 3.35. The molecule has 1 aromatic heterocycles. The topological polar surface area (TPSA) is 48.1 Å². The van der Waals surface area contributed by atoms with Crippen LogP contribution >= 0.6 is 12.4 Å². The van der Waals surface area contributed by atoms with Gasteiger partial charge in [0.15, 0.2) is 0 Å². The van der Waals surface area contributed by atoms with Gasteiger partial charge in [0, 0.05) is 11.8 Å². The van der Waals surface area contributed by atoms with Gasteiger partial charge in [-0.2, -0.15) is 0 Å². The monoisotopic (exact) mass is 227 g/mol. The number of furan rings is 1. The number of halogens is 1. The maximum Gasteiger partial charge on any atom is 0.134 e. The molecule has 15 heavy (non-hydrogen) atoms. The maximum absolute atomic E-state index is 5.67. The molecule has 0 aliphatic rings. The first kappa shape index (κ1) is 14.0. The molecule has 0 unspecified atom stereocenters. The van der Waals surface area contributed by atoms with Crippen molar-refractivity contribution in [3.8, 4) is 0 Å². The van der Waals surface area contributed by atoms with Crippen LogP contribution in [0.5, 0.6) is 0 Å². The third-order valence-corrected chi connectivity index (χ3v) is 2.25. The summed E-state index contributed by atoms with van der Waals surface area (Å²) in [6, 6.07) is 10.3. The molecule has 0 atom stereocenters. The van der Waals surface area contributed by atoms with Gasteiger partial charge >= 0.3 is 0 Å². The zero-order valence-electron chi connectivity index (χ0n) is 9.03. The van der Waals surface area contributed by atoms with Crippen LogP contribution in [0, 0.1) is 0 Å². The van der Waals surface area contributed by atoms with E-state index in [0.29, 0.717) is 0 Å². The molecule has 0 radical (unpaired) electrons. The van der Waals surface area contributed by atoms with Crippen LogP contribution in [0.15, 0.2) is 34.7 Å². The summed E-state index contributed by atoms with van der Waals surface area (Å²) in [5.74, 6) is 1.11. The normalized spacial score (nSPS) is 9.40. The lowest BCUT2D eigenvalue weighted by molar-refractivity contribution is 0.536. The van der Waals surface area contributed by atoms with E-state index in [4.69, 9.17) is 4.42 Å².